The Morgan fingerprint density at radius 1 is 1.29 bits per heavy atom. The molecular formula is C10H9N3O3S. The van der Waals surface area contributed by atoms with Gasteiger partial charge in [0.1, 0.15) is 0 Å². The molecule has 1 aromatic rings. The van der Waals surface area contributed by atoms with Gasteiger partial charge < -0.3 is 10.6 Å². The average Bonchev–Trinajstić information content (AvgIpc) is 2.28. The minimum atomic E-state index is -4.39. The highest BCUT2D eigenvalue weighted by molar-refractivity contribution is 7.90. The van der Waals surface area contributed by atoms with E-state index in [0.29, 0.717) is 5.56 Å². The van der Waals surface area contributed by atoms with Gasteiger partial charge in [-0.3, -0.25) is 0 Å². The Hall–Kier alpha value is -1.79. The molecule has 0 spiro atoms. The van der Waals surface area contributed by atoms with E-state index >= 15 is 0 Å². The minimum absolute atomic E-state index is 0.0674. The number of hydrogen-bond acceptors (Lipinski definition) is 3. The van der Waals surface area contributed by atoms with E-state index in [4.69, 9.17) is 10.7 Å². The molecule has 1 unspecified atom stereocenters. The molecule has 0 aliphatic heterocycles. The summed E-state index contributed by atoms with van der Waals surface area (Å²) in [7, 11) is -4.39. The molecule has 0 saturated heterocycles. The van der Waals surface area contributed by atoms with Gasteiger partial charge in [0.05, 0.1) is 0 Å². The number of nitrogens with zero attached hydrogens (tertiary/aromatic N) is 2. The first-order valence-corrected chi connectivity index (χ1v) is 6.20. The van der Waals surface area contributed by atoms with Crippen molar-refractivity contribution in [2.75, 3.05) is 0 Å². The average molecular weight is 251 g/mol. The van der Waals surface area contributed by atoms with Crippen LogP contribution in [0.25, 0.3) is 11.6 Å². The molecule has 1 aliphatic rings. The Morgan fingerprint density at radius 3 is 2.53 bits per heavy atom. The lowest BCUT2D eigenvalue weighted by molar-refractivity contribution is -0.0243. The Labute approximate surface area is 97.7 Å². The second kappa shape index (κ2) is 3.61. The second-order valence-corrected chi connectivity index (χ2v) is 5.28. The van der Waals surface area contributed by atoms with Crippen LogP contribution in [0.5, 0.6) is 0 Å². The number of aliphatic hydroxyl groups is 1. The van der Waals surface area contributed by atoms with Crippen molar-refractivity contribution in [2.45, 2.75) is 4.93 Å². The zero-order valence-corrected chi connectivity index (χ0v) is 9.42. The van der Waals surface area contributed by atoms with E-state index in [0.717, 1.165) is 0 Å². The van der Waals surface area contributed by atoms with E-state index < -0.39 is 20.7 Å². The summed E-state index contributed by atoms with van der Waals surface area (Å²) in [6.45, 7) is 0. The van der Waals surface area contributed by atoms with Gasteiger partial charge >= 0.3 is 10.6 Å². The predicted molar refractivity (Wildman–Crippen MR) is 61.1 cm³/mol. The lowest BCUT2D eigenvalue weighted by Crippen LogP contribution is -2.48. The Kier molecular flexibility index (Phi) is 2.48. The Balaban J connectivity index is 2.89. The third-order valence-corrected chi connectivity index (χ3v) is 3.87. The van der Waals surface area contributed by atoms with Gasteiger partial charge in [-0.25, -0.2) is 13.6 Å². The minimum Gasteiger partial charge on any atom is -0.361 e. The Bertz CT molecular complexity index is 659. The zero-order valence-electron chi connectivity index (χ0n) is 8.61. The topological polar surface area (TPSA) is 117 Å². The van der Waals surface area contributed by atoms with E-state index in [1.165, 1.54) is 18.2 Å². The highest BCUT2D eigenvalue weighted by atomic mass is 32.2. The quantitative estimate of drug-likeness (QED) is 0.532. The Morgan fingerprint density at radius 2 is 1.94 bits per heavy atom. The van der Waals surface area contributed by atoms with E-state index in [2.05, 4.69) is 4.79 Å². The van der Waals surface area contributed by atoms with Crippen molar-refractivity contribution in [2.24, 2.45) is 5.14 Å². The van der Waals surface area contributed by atoms with Crippen LogP contribution in [0, 0.1) is 0 Å². The summed E-state index contributed by atoms with van der Waals surface area (Å²) in [4.78, 5) is 0.266. The molecule has 0 aromatic heterocycles. The molecule has 2 rings (SSSR count). The second-order valence-electron chi connectivity index (χ2n) is 3.59. The first-order valence-electron chi connectivity index (χ1n) is 4.66. The lowest BCUT2D eigenvalue weighted by Gasteiger charge is -2.24. The van der Waals surface area contributed by atoms with Crippen LogP contribution in [0.2, 0.25) is 0 Å². The van der Waals surface area contributed by atoms with Crippen LogP contribution >= 0.6 is 0 Å². The highest BCUT2D eigenvalue weighted by Gasteiger charge is 2.54. The van der Waals surface area contributed by atoms with Crippen LogP contribution in [-0.2, 0) is 15.0 Å². The molecule has 0 bridgehead atoms. The molecule has 0 amide bonds. The summed E-state index contributed by atoms with van der Waals surface area (Å²) >= 11 is 0. The maximum Gasteiger partial charge on any atom is 0.345 e. The van der Waals surface area contributed by atoms with E-state index in [9.17, 15) is 13.5 Å². The van der Waals surface area contributed by atoms with Gasteiger partial charge in [-0.05, 0) is 11.6 Å². The van der Waals surface area contributed by atoms with Gasteiger partial charge in [-0.15, -0.1) is 0 Å². The monoisotopic (exact) mass is 251 g/mol. The normalized spacial score (nSPS) is 23.1. The van der Waals surface area contributed by atoms with Crippen LogP contribution in [0.4, 0.5) is 0 Å². The van der Waals surface area contributed by atoms with Crippen molar-refractivity contribution in [1.82, 2.24) is 0 Å². The van der Waals surface area contributed by atoms with E-state index in [1.54, 1.807) is 18.2 Å². The van der Waals surface area contributed by atoms with Gasteiger partial charge in [0.25, 0.3) is 10.0 Å². The number of fused-ring (bicyclic) bond motifs is 1. The van der Waals surface area contributed by atoms with Crippen molar-refractivity contribution in [1.29, 1.82) is 0 Å². The standard InChI is InChI=1S/C10H9N3O3S/c11-13-9-6-5-7-3-1-2-4-8(7)10(9,14)17(12,15)16/h1-6,14H,(H2,12,15,16). The SMILES string of the molecule is [N-]=[N+]=C1C=Cc2ccccc2C1(O)S(N)(=O)=O. The molecule has 1 aliphatic carbocycles. The van der Waals surface area contributed by atoms with E-state index in [1.807, 2.05) is 0 Å². The largest absolute Gasteiger partial charge is 0.361 e. The maximum atomic E-state index is 11.5. The molecule has 88 valence electrons. The first kappa shape index (κ1) is 11.7. The van der Waals surface area contributed by atoms with Crippen LogP contribution in [0.15, 0.2) is 30.3 Å². The number of primary sulfonamides is 1. The van der Waals surface area contributed by atoms with Crippen LogP contribution < -0.4 is 5.14 Å². The first-order chi connectivity index (χ1) is 7.91. The molecular weight excluding hydrogens is 242 g/mol. The smallest absolute Gasteiger partial charge is 0.345 e. The summed E-state index contributed by atoms with van der Waals surface area (Å²) in [6, 6.07) is 6.28. The zero-order chi connectivity index (χ0) is 12.7. The maximum absolute atomic E-state index is 11.5. The molecule has 1 aromatic carbocycles. The predicted octanol–water partition coefficient (Wildman–Crippen LogP) is -0.182. The number of nitrogens with two attached hydrogens (primary N) is 1. The van der Waals surface area contributed by atoms with Crippen LogP contribution in [0.1, 0.15) is 11.1 Å². The molecule has 7 heteroatoms. The molecule has 17 heavy (non-hydrogen) atoms. The summed E-state index contributed by atoms with van der Waals surface area (Å²) in [5.41, 5.74) is 8.90. The van der Waals surface area contributed by atoms with Crippen LogP contribution in [-0.4, -0.2) is 24.0 Å². The van der Waals surface area contributed by atoms with Crippen molar-refractivity contribution in [3.63, 3.8) is 0 Å². The third kappa shape index (κ3) is 1.53. The van der Waals surface area contributed by atoms with Gasteiger partial charge in [0, 0.05) is 11.6 Å². The summed E-state index contributed by atoms with van der Waals surface area (Å²) in [5, 5.41) is 15.3. The van der Waals surface area contributed by atoms with Gasteiger partial charge in [-0.1, -0.05) is 24.3 Å². The fourth-order valence-corrected chi connectivity index (χ4v) is 2.66. The summed E-state index contributed by atoms with van der Waals surface area (Å²) in [5.74, 6) is 0. The number of sulfonamides is 1. The fourth-order valence-electron chi connectivity index (χ4n) is 1.77. The fraction of sp³-hybridized carbons (Fsp3) is 0.100. The van der Waals surface area contributed by atoms with Crippen molar-refractivity contribution in [3.8, 4) is 0 Å². The lowest BCUT2D eigenvalue weighted by atomic mass is 9.93. The summed E-state index contributed by atoms with van der Waals surface area (Å²) in [6.07, 6.45) is 2.73. The highest BCUT2D eigenvalue weighted by Crippen LogP contribution is 2.34. The van der Waals surface area contributed by atoms with Gasteiger partial charge in [-0.2, -0.15) is 4.79 Å². The van der Waals surface area contributed by atoms with Gasteiger partial charge in [0.15, 0.2) is 0 Å². The number of benzene rings is 1. The van der Waals surface area contributed by atoms with E-state index in [-0.39, 0.29) is 5.56 Å². The van der Waals surface area contributed by atoms with Gasteiger partial charge in [0.2, 0.25) is 0 Å². The number of rotatable bonds is 1. The molecule has 0 saturated carbocycles. The van der Waals surface area contributed by atoms with Crippen molar-refractivity contribution >= 4 is 21.8 Å². The molecule has 0 radical (unpaired) electrons. The third-order valence-electron chi connectivity index (χ3n) is 2.61. The van der Waals surface area contributed by atoms with Crippen molar-refractivity contribution in [3.05, 3.63) is 47.0 Å². The summed E-state index contributed by atoms with van der Waals surface area (Å²) < 4.78 is 23.1. The molecule has 1 atom stereocenters. The molecule has 0 fully saturated rings. The molecule has 0 heterocycles. The molecule has 3 N–H and O–H groups in total. The number of hydrogen-bond donors (Lipinski definition) is 2. The van der Waals surface area contributed by atoms with Crippen molar-refractivity contribution < 1.29 is 18.3 Å². The van der Waals surface area contributed by atoms with Crippen LogP contribution in [0.3, 0.4) is 0 Å². The molecule has 6 nitrogen and oxygen atoms in total.